The second-order valence-corrected chi connectivity index (χ2v) is 20.3. The molecule has 0 saturated heterocycles. The van der Waals surface area contributed by atoms with E-state index >= 15 is 0 Å². The minimum absolute atomic E-state index is 0.000602. The highest BCUT2D eigenvalue weighted by Crippen LogP contribution is 2.18. The predicted octanol–water partition coefficient (Wildman–Crippen LogP) is 18.2. The van der Waals surface area contributed by atoms with E-state index in [9.17, 15) is 19.8 Å². The summed E-state index contributed by atoms with van der Waals surface area (Å²) in [6, 6.07) is -0.540. The van der Waals surface area contributed by atoms with Crippen molar-refractivity contribution in [2.24, 2.45) is 0 Å². The lowest BCUT2D eigenvalue weighted by Gasteiger charge is -2.22. The van der Waals surface area contributed by atoms with Gasteiger partial charge in [-0.1, -0.05) is 276 Å². The Morgan fingerprint density at radius 3 is 1.18 bits per heavy atom. The van der Waals surface area contributed by atoms with E-state index < -0.39 is 12.1 Å². The number of hydrogen-bond acceptors (Lipinski definition) is 5. The summed E-state index contributed by atoms with van der Waals surface area (Å²) >= 11 is 0. The molecule has 3 N–H and O–H groups in total. The maximum absolute atomic E-state index is 12.5. The summed E-state index contributed by atoms with van der Waals surface area (Å²) in [5, 5.41) is 23.2. The SMILES string of the molecule is CCCCC/C=C\C/C=C\CCCCCCCC(=O)OCCCCCCCCCCCCCCCCCCCCCCCCC(=O)NC(CO)C(O)CCCCCCCCCCCCCC. The summed E-state index contributed by atoms with van der Waals surface area (Å²) in [4.78, 5) is 24.5. The number of hydrogen-bond donors (Lipinski definition) is 3. The fourth-order valence-corrected chi connectivity index (χ4v) is 9.20. The van der Waals surface area contributed by atoms with Crippen molar-refractivity contribution in [1.82, 2.24) is 5.32 Å². The predicted molar refractivity (Wildman–Crippen MR) is 287 cm³/mol. The topological polar surface area (TPSA) is 95.9 Å². The number of aliphatic hydroxyl groups is 2. The Labute approximate surface area is 411 Å². The summed E-state index contributed by atoms with van der Waals surface area (Å²) in [6.07, 6.45) is 67.5. The largest absolute Gasteiger partial charge is 0.466 e. The molecule has 0 bridgehead atoms. The van der Waals surface area contributed by atoms with Gasteiger partial charge in [-0.3, -0.25) is 9.59 Å². The third-order valence-corrected chi connectivity index (χ3v) is 13.8. The van der Waals surface area contributed by atoms with E-state index in [2.05, 4.69) is 43.5 Å². The number of aliphatic hydroxyl groups excluding tert-OH is 2. The Bertz CT molecular complexity index is 1030. The molecule has 0 radical (unpaired) electrons. The van der Waals surface area contributed by atoms with Crippen LogP contribution in [-0.2, 0) is 14.3 Å². The van der Waals surface area contributed by atoms with Crippen LogP contribution in [0.4, 0.5) is 0 Å². The van der Waals surface area contributed by atoms with Gasteiger partial charge in [-0.25, -0.2) is 0 Å². The van der Waals surface area contributed by atoms with Crippen LogP contribution in [0.3, 0.4) is 0 Å². The van der Waals surface area contributed by atoms with Crippen LogP contribution in [0.1, 0.15) is 322 Å². The molecule has 390 valence electrons. The summed E-state index contributed by atoms with van der Waals surface area (Å²) in [7, 11) is 0. The third-order valence-electron chi connectivity index (χ3n) is 13.8. The van der Waals surface area contributed by atoms with Crippen molar-refractivity contribution in [3.63, 3.8) is 0 Å². The summed E-state index contributed by atoms with van der Waals surface area (Å²) < 4.78 is 5.48. The fourth-order valence-electron chi connectivity index (χ4n) is 9.20. The van der Waals surface area contributed by atoms with Gasteiger partial charge in [0.05, 0.1) is 25.4 Å². The lowest BCUT2D eigenvalue weighted by Crippen LogP contribution is -2.45. The maximum atomic E-state index is 12.5. The number of unbranched alkanes of at least 4 members (excludes halogenated alkanes) is 40. The third kappa shape index (κ3) is 51.7. The fraction of sp³-hybridized carbons (Fsp3) is 0.900. The molecule has 0 saturated carbocycles. The van der Waals surface area contributed by atoms with E-state index in [1.54, 1.807) is 0 Å². The highest BCUT2D eigenvalue weighted by atomic mass is 16.5. The van der Waals surface area contributed by atoms with Gasteiger partial charge in [0.15, 0.2) is 0 Å². The number of amides is 1. The monoisotopic (exact) mass is 930 g/mol. The zero-order valence-electron chi connectivity index (χ0n) is 44.4. The molecule has 0 rings (SSSR count). The zero-order chi connectivity index (χ0) is 47.9. The normalized spacial score (nSPS) is 12.7. The Morgan fingerprint density at radius 2 is 0.758 bits per heavy atom. The van der Waals surface area contributed by atoms with Crippen LogP contribution in [0, 0.1) is 0 Å². The molecule has 0 aromatic rings. The standard InChI is InChI=1S/C60H115NO5/c1-3-5-7-9-11-13-15-17-26-30-34-38-42-46-50-54-60(65)66-55-51-47-43-39-35-31-28-25-23-21-19-18-20-22-24-27-29-33-37-41-45-49-53-59(64)61-57(56-62)58(63)52-48-44-40-36-32-16-14-12-10-8-6-4-2/h11,13,17,26,57-58,62-63H,3-10,12,14-16,18-25,27-56H2,1-2H3,(H,61,64)/b13-11-,26-17-. The van der Waals surface area contributed by atoms with E-state index in [0.29, 0.717) is 25.9 Å². The van der Waals surface area contributed by atoms with Crippen molar-refractivity contribution in [2.45, 2.75) is 334 Å². The molecule has 0 aliphatic rings. The average Bonchev–Trinajstić information content (AvgIpc) is 3.32. The smallest absolute Gasteiger partial charge is 0.305 e. The first-order valence-electron chi connectivity index (χ1n) is 29.6. The Kier molecular flexibility index (Phi) is 54.5. The van der Waals surface area contributed by atoms with Crippen LogP contribution in [0.25, 0.3) is 0 Å². The van der Waals surface area contributed by atoms with Crippen LogP contribution in [0.5, 0.6) is 0 Å². The average molecular weight is 931 g/mol. The van der Waals surface area contributed by atoms with Gasteiger partial charge in [-0.15, -0.1) is 0 Å². The van der Waals surface area contributed by atoms with E-state index in [-0.39, 0.29) is 18.5 Å². The van der Waals surface area contributed by atoms with Crippen LogP contribution in [0.15, 0.2) is 24.3 Å². The van der Waals surface area contributed by atoms with Crippen molar-refractivity contribution in [2.75, 3.05) is 13.2 Å². The van der Waals surface area contributed by atoms with Crippen LogP contribution in [-0.4, -0.2) is 47.4 Å². The van der Waals surface area contributed by atoms with Crippen LogP contribution < -0.4 is 5.32 Å². The van der Waals surface area contributed by atoms with Crippen molar-refractivity contribution in [3.05, 3.63) is 24.3 Å². The molecule has 0 spiro atoms. The summed E-state index contributed by atoms with van der Waals surface area (Å²) in [5.41, 5.74) is 0. The van der Waals surface area contributed by atoms with Gasteiger partial charge >= 0.3 is 5.97 Å². The molecule has 0 heterocycles. The first-order valence-corrected chi connectivity index (χ1v) is 29.6. The van der Waals surface area contributed by atoms with Crippen LogP contribution in [0.2, 0.25) is 0 Å². The van der Waals surface area contributed by atoms with Crippen molar-refractivity contribution >= 4 is 11.9 Å². The molecule has 0 aromatic heterocycles. The Morgan fingerprint density at radius 1 is 0.424 bits per heavy atom. The van der Waals surface area contributed by atoms with Crippen molar-refractivity contribution < 1.29 is 24.5 Å². The second-order valence-electron chi connectivity index (χ2n) is 20.3. The number of allylic oxidation sites excluding steroid dienone is 4. The minimum Gasteiger partial charge on any atom is -0.466 e. The number of carbonyl (C=O) groups excluding carboxylic acids is 2. The Hall–Kier alpha value is -1.66. The molecule has 0 fully saturated rings. The number of carbonyl (C=O) groups is 2. The van der Waals surface area contributed by atoms with Gasteiger partial charge < -0.3 is 20.3 Å². The molecule has 2 unspecified atom stereocenters. The summed E-state index contributed by atoms with van der Waals surface area (Å²) in [5.74, 6) is -0.0356. The molecule has 6 heteroatoms. The molecule has 0 aliphatic carbocycles. The molecule has 2 atom stereocenters. The highest BCUT2D eigenvalue weighted by molar-refractivity contribution is 5.76. The van der Waals surface area contributed by atoms with Gasteiger partial charge in [-0.05, 0) is 57.8 Å². The maximum Gasteiger partial charge on any atom is 0.305 e. The number of nitrogens with one attached hydrogen (secondary N) is 1. The van der Waals surface area contributed by atoms with E-state index in [0.717, 1.165) is 51.4 Å². The molecular weight excluding hydrogens is 815 g/mol. The van der Waals surface area contributed by atoms with Gasteiger partial charge in [0.1, 0.15) is 0 Å². The van der Waals surface area contributed by atoms with Crippen molar-refractivity contribution in [3.8, 4) is 0 Å². The number of esters is 1. The molecule has 66 heavy (non-hydrogen) atoms. The molecule has 0 aromatic carbocycles. The number of ether oxygens (including phenoxy) is 1. The van der Waals surface area contributed by atoms with Gasteiger partial charge in [0, 0.05) is 12.8 Å². The highest BCUT2D eigenvalue weighted by Gasteiger charge is 2.20. The minimum atomic E-state index is -0.663. The molecular formula is C60H115NO5. The first kappa shape index (κ1) is 64.3. The van der Waals surface area contributed by atoms with Crippen molar-refractivity contribution in [1.29, 1.82) is 0 Å². The second kappa shape index (κ2) is 55.9. The van der Waals surface area contributed by atoms with E-state index in [4.69, 9.17) is 4.74 Å². The quantitative estimate of drug-likeness (QED) is 0.0321. The molecule has 0 aliphatic heterocycles. The van der Waals surface area contributed by atoms with Gasteiger partial charge in [0.2, 0.25) is 5.91 Å². The molecule has 1 amide bonds. The Balaban J connectivity index is 3.37. The zero-order valence-corrected chi connectivity index (χ0v) is 44.4. The number of rotatable bonds is 55. The summed E-state index contributed by atoms with van der Waals surface area (Å²) in [6.45, 7) is 4.92. The van der Waals surface area contributed by atoms with Gasteiger partial charge in [0.25, 0.3) is 0 Å². The molecule has 6 nitrogen and oxygen atoms in total. The first-order chi connectivity index (χ1) is 32.5. The van der Waals surface area contributed by atoms with E-state index in [1.807, 2.05) is 0 Å². The van der Waals surface area contributed by atoms with Crippen LogP contribution >= 0.6 is 0 Å². The van der Waals surface area contributed by atoms with E-state index in [1.165, 1.54) is 238 Å². The lowest BCUT2D eigenvalue weighted by atomic mass is 10.0. The lowest BCUT2D eigenvalue weighted by molar-refractivity contribution is -0.143. The van der Waals surface area contributed by atoms with Gasteiger partial charge in [-0.2, -0.15) is 0 Å².